The quantitative estimate of drug-likeness (QED) is 0.369. The van der Waals surface area contributed by atoms with Crippen molar-refractivity contribution in [1.29, 1.82) is 0 Å². The van der Waals surface area contributed by atoms with Crippen LogP contribution in [0.25, 0.3) is 11.1 Å². The number of anilines is 1. The Morgan fingerprint density at radius 3 is 2.33 bits per heavy atom. The Morgan fingerprint density at radius 1 is 1.03 bits per heavy atom. The summed E-state index contributed by atoms with van der Waals surface area (Å²) in [4.78, 5) is 23.0. The van der Waals surface area contributed by atoms with E-state index in [-0.39, 0.29) is 5.75 Å². The molecule has 0 bridgehead atoms. The minimum Gasteiger partial charge on any atom is -0.493 e. The first-order chi connectivity index (χ1) is 14.2. The van der Waals surface area contributed by atoms with E-state index in [4.69, 9.17) is 4.74 Å². The smallest absolute Gasteiger partial charge is 0.493 e. The van der Waals surface area contributed by atoms with Crippen molar-refractivity contribution >= 4 is 17.6 Å². The lowest BCUT2D eigenvalue weighted by Gasteiger charge is -2.15. The zero-order valence-electron chi connectivity index (χ0n) is 16.5. The summed E-state index contributed by atoms with van der Waals surface area (Å²) in [6.07, 6.45) is -1.98. The van der Waals surface area contributed by atoms with Gasteiger partial charge in [0.05, 0.1) is 13.7 Å². The number of esters is 1. The van der Waals surface area contributed by atoms with Gasteiger partial charge in [-0.25, -0.2) is 4.79 Å². The second kappa shape index (κ2) is 10.5. The molecule has 2 aromatic carbocycles. The van der Waals surface area contributed by atoms with Crippen LogP contribution in [0.4, 0.5) is 18.9 Å². The van der Waals surface area contributed by atoms with E-state index in [1.54, 1.807) is 18.2 Å². The van der Waals surface area contributed by atoms with Gasteiger partial charge in [0.2, 0.25) is 0 Å². The lowest BCUT2D eigenvalue weighted by molar-refractivity contribution is -0.274. The Kier molecular flexibility index (Phi) is 8.08. The number of amides is 1. The molecule has 0 spiro atoms. The zero-order chi connectivity index (χ0) is 22.1. The van der Waals surface area contributed by atoms with Crippen LogP contribution in [0.3, 0.4) is 0 Å². The van der Waals surface area contributed by atoms with Crippen molar-refractivity contribution in [2.24, 2.45) is 0 Å². The van der Waals surface area contributed by atoms with Gasteiger partial charge in [-0.3, -0.25) is 4.79 Å². The standard InChI is InChI=1S/C21H22F3NO5/c1-3-4-5-12-29-18-13-15(25-19(26)20(27)28-2)8-11-17(18)14-6-9-16(10-7-14)30-21(22,23)24/h6-11,13H,3-5,12H2,1-2H3,(H,25,26). The first kappa shape index (κ1) is 23.1. The summed E-state index contributed by atoms with van der Waals surface area (Å²) in [6.45, 7) is 2.48. The molecule has 0 aliphatic rings. The summed E-state index contributed by atoms with van der Waals surface area (Å²) in [5.74, 6) is -1.89. The van der Waals surface area contributed by atoms with E-state index in [0.29, 0.717) is 29.2 Å². The zero-order valence-corrected chi connectivity index (χ0v) is 16.5. The molecule has 0 radical (unpaired) electrons. The maximum Gasteiger partial charge on any atom is 0.573 e. The van der Waals surface area contributed by atoms with Gasteiger partial charge in [-0.05, 0) is 36.2 Å². The van der Waals surface area contributed by atoms with Gasteiger partial charge in [0, 0.05) is 17.3 Å². The highest BCUT2D eigenvalue weighted by atomic mass is 19.4. The van der Waals surface area contributed by atoms with Gasteiger partial charge in [0.25, 0.3) is 0 Å². The summed E-state index contributed by atoms with van der Waals surface area (Å²) in [5.41, 5.74) is 1.53. The van der Waals surface area contributed by atoms with Crippen LogP contribution in [-0.4, -0.2) is 32.0 Å². The topological polar surface area (TPSA) is 73.9 Å². The monoisotopic (exact) mass is 425 g/mol. The molecule has 1 N–H and O–H groups in total. The molecule has 0 aliphatic heterocycles. The number of rotatable bonds is 8. The number of methoxy groups -OCH3 is 1. The van der Waals surface area contributed by atoms with E-state index in [2.05, 4.69) is 21.7 Å². The Morgan fingerprint density at radius 2 is 1.73 bits per heavy atom. The molecule has 6 nitrogen and oxygen atoms in total. The summed E-state index contributed by atoms with van der Waals surface area (Å²) in [5, 5.41) is 2.41. The van der Waals surface area contributed by atoms with Gasteiger partial charge in [-0.2, -0.15) is 0 Å². The third kappa shape index (κ3) is 6.98. The summed E-state index contributed by atoms with van der Waals surface area (Å²) in [6, 6.07) is 10.1. The molecule has 0 saturated heterocycles. The fourth-order valence-corrected chi connectivity index (χ4v) is 2.60. The van der Waals surface area contributed by atoms with E-state index in [0.717, 1.165) is 26.4 Å². The molecule has 0 aromatic heterocycles. The number of carbonyl (C=O) groups is 2. The number of carbonyl (C=O) groups excluding carboxylic acids is 2. The molecule has 0 heterocycles. The van der Waals surface area contributed by atoms with Crippen molar-refractivity contribution < 1.29 is 37.0 Å². The van der Waals surface area contributed by atoms with Crippen LogP contribution in [0.1, 0.15) is 26.2 Å². The third-order valence-corrected chi connectivity index (χ3v) is 4.01. The molecular weight excluding hydrogens is 403 g/mol. The summed E-state index contributed by atoms with van der Waals surface area (Å²) < 4.78 is 51.2. The first-order valence-corrected chi connectivity index (χ1v) is 9.26. The Balaban J connectivity index is 2.27. The number of unbranched alkanes of at least 4 members (excludes halogenated alkanes) is 2. The molecule has 162 valence electrons. The average Bonchev–Trinajstić information content (AvgIpc) is 2.70. The van der Waals surface area contributed by atoms with Crippen molar-refractivity contribution in [1.82, 2.24) is 0 Å². The Labute approximate surface area is 171 Å². The van der Waals surface area contributed by atoms with Crippen LogP contribution >= 0.6 is 0 Å². The van der Waals surface area contributed by atoms with Gasteiger partial charge >= 0.3 is 18.2 Å². The molecule has 9 heteroatoms. The highest BCUT2D eigenvalue weighted by molar-refractivity contribution is 6.37. The number of halogens is 3. The molecule has 0 unspecified atom stereocenters. The van der Waals surface area contributed by atoms with Crippen molar-refractivity contribution in [3.63, 3.8) is 0 Å². The number of benzene rings is 2. The fraction of sp³-hybridized carbons (Fsp3) is 0.333. The second-order valence-electron chi connectivity index (χ2n) is 6.28. The van der Waals surface area contributed by atoms with Gasteiger partial charge in [-0.15, -0.1) is 13.2 Å². The van der Waals surface area contributed by atoms with Gasteiger partial charge in [0.1, 0.15) is 11.5 Å². The summed E-state index contributed by atoms with van der Waals surface area (Å²) in [7, 11) is 1.10. The molecule has 2 aromatic rings. The number of hydrogen-bond donors (Lipinski definition) is 1. The van der Waals surface area contributed by atoms with Crippen LogP contribution in [0.15, 0.2) is 42.5 Å². The minimum absolute atomic E-state index is 0.316. The predicted octanol–water partition coefficient (Wildman–Crippen LogP) is 4.93. The number of hydrogen-bond acceptors (Lipinski definition) is 5. The molecule has 0 atom stereocenters. The van der Waals surface area contributed by atoms with Crippen LogP contribution in [0.2, 0.25) is 0 Å². The lowest BCUT2D eigenvalue weighted by atomic mass is 10.0. The maximum atomic E-state index is 12.4. The van der Waals surface area contributed by atoms with Gasteiger partial charge < -0.3 is 19.5 Å². The second-order valence-corrected chi connectivity index (χ2v) is 6.28. The van der Waals surface area contributed by atoms with E-state index in [1.165, 1.54) is 24.3 Å². The number of ether oxygens (including phenoxy) is 3. The molecule has 0 fully saturated rings. The Bertz CT molecular complexity index is 866. The highest BCUT2D eigenvalue weighted by Gasteiger charge is 2.31. The van der Waals surface area contributed by atoms with Crippen LogP contribution in [-0.2, 0) is 14.3 Å². The molecule has 1 amide bonds. The highest BCUT2D eigenvalue weighted by Crippen LogP contribution is 2.34. The lowest BCUT2D eigenvalue weighted by Crippen LogP contribution is -2.23. The van der Waals surface area contributed by atoms with E-state index < -0.39 is 18.2 Å². The van der Waals surface area contributed by atoms with Crippen molar-refractivity contribution in [2.45, 2.75) is 32.5 Å². The molecule has 0 aliphatic carbocycles. The van der Waals surface area contributed by atoms with Crippen molar-refractivity contribution in [2.75, 3.05) is 19.0 Å². The predicted molar refractivity (Wildman–Crippen MR) is 104 cm³/mol. The molecular formula is C21H22F3NO5. The minimum atomic E-state index is -4.77. The van der Waals surface area contributed by atoms with Crippen LogP contribution in [0.5, 0.6) is 11.5 Å². The Hall–Kier alpha value is -3.23. The van der Waals surface area contributed by atoms with Crippen LogP contribution in [0, 0.1) is 0 Å². The maximum absolute atomic E-state index is 12.4. The van der Waals surface area contributed by atoms with Gasteiger partial charge in [-0.1, -0.05) is 31.9 Å². The van der Waals surface area contributed by atoms with Crippen molar-refractivity contribution in [3.8, 4) is 22.6 Å². The third-order valence-electron chi connectivity index (χ3n) is 4.01. The fourth-order valence-electron chi connectivity index (χ4n) is 2.60. The number of alkyl halides is 3. The summed E-state index contributed by atoms with van der Waals surface area (Å²) >= 11 is 0. The largest absolute Gasteiger partial charge is 0.573 e. The average molecular weight is 425 g/mol. The van der Waals surface area contributed by atoms with Crippen LogP contribution < -0.4 is 14.8 Å². The number of nitrogens with one attached hydrogen (secondary N) is 1. The van der Waals surface area contributed by atoms with E-state index in [9.17, 15) is 22.8 Å². The SMILES string of the molecule is CCCCCOc1cc(NC(=O)C(=O)OC)ccc1-c1ccc(OC(F)(F)F)cc1. The van der Waals surface area contributed by atoms with Gasteiger partial charge in [0.15, 0.2) is 0 Å². The molecule has 30 heavy (non-hydrogen) atoms. The van der Waals surface area contributed by atoms with E-state index >= 15 is 0 Å². The molecule has 2 rings (SSSR count). The molecule has 0 saturated carbocycles. The van der Waals surface area contributed by atoms with Crippen molar-refractivity contribution in [3.05, 3.63) is 42.5 Å². The first-order valence-electron chi connectivity index (χ1n) is 9.26. The normalized spacial score (nSPS) is 11.0. The van der Waals surface area contributed by atoms with E-state index in [1.807, 2.05) is 0 Å².